The summed E-state index contributed by atoms with van der Waals surface area (Å²) in [7, 11) is 0. The largest absolute Gasteiger partial charge is 0.389 e. The topological polar surface area (TPSA) is 23.5 Å². The molecule has 0 amide bonds. The summed E-state index contributed by atoms with van der Waals surface area (Å²) in [5.41, 5.74) is 2.37. The molecule has 1 fully saturated rings. The van der Waals surface area contributed by atoms with Crippen LogP contribution in [0.3, 0.4) is 0 Å². The number of aliphatic hydroxyl groups excluding tert-OH is 1. The minimum absolute atomic E-state index is 0.385. The Bertz CT molecular complexity index is 479. The maximum atomic E-state index is 9.65. The summed E-state index contributed by atoms with van der Waals surface area (Å²) in [5.74, 6) is 0.776. The van der Waals surface area contributed by atoms with Crippen LogP contribution in [0.4, 0.5) is 5.69 Å². The molecule has 21 heavy (non-hydrogen) atoms. The van der Waals surface area contributed by atoms with Gasteiger partial charge in [-0.1, -0.05) is 38.4 Å². The molecule has 0 bridgehead atoms. The fourth-order valence-corrected chi connectivity index (χ4v) is 3.55. The maximum Gasteiger partial charge on any atom is 0.0762 e. The summed E-state index contributed by atoms with van der Waals surface area (Å²) >= 11 is 6.43. The van der Waals surface area contributed by atoms with Crippen molar-refractivity contribution >= 4 is 17.3 Å². The molecule has 1 saturated heterocycles. The lowest BCUT2D eigenvalue weighted by Gasteiger charge is -2.30. The van der Waals surface area contributed by atoms with Crippen LogP contribution in [0.1, 0.15) is 58.6 Å². The first kappa shape index (κ1) is 16.6. The van der Waals surface area contributed by atoms with E-state index in [1.165, 1.54) is 19.3 Å². The molecule has 118 valence electrons. The van der Waals surface area contributed by atoms with Gasteiger partial charge >= 0.3 is 0 Å². The first-order valence-corrected chi connectivity index (χ1v) is 8.39. The Morgan fingerprint density at radius 3 is 2.52 bits per heavy atom. The van der Waals surface area contributed by atoms with Gasteiger partial charge in [0.25, 0.3) is 0 Å². The predicted octanol–water partition coefficient (Wildman–Crippen LogP) is 5.05. The van der Waals surface area contributed by atoms with Crippen LogP contribution in [0.15, 0.2) is 18.2 Å². The summed E-state index contributed by atoms with van der Waals surface area (Å²) in [6.07, 6.45) is 3.27. The van der Waals surface area contributed by atoms with E-state index in [0.29, 0.717) is 5.41 Å². The third kappa shape index (κ3) is 4.14. The molecule has 1 aliphatic rings. The van der Waals surface area contributed by atoms with Gasteiger partial charge in [0.1, 0.15) is 0 Å². The number of aliphatic hydroxyl groups is 1. The van der Waals surface area contributed by atoms with Gasteiger partial charge in [-0.2, -0.15) is 0 Å². The highest BCUT2D eigenvalue weighted by atomic mass is 35.5. The Labute approximate surface area is 134 Å². The monoisotopic (exact) mass is 309 g/mol. The van der Waals surface area contributed by atoms with Crippen LogP contribution in [0, 0.1) is 11.3 Å². The normalized spacial score (nSPS) is 22.0. The van der Waals surface area contributed by atoms with Gasteiger partial charge < -0.3 is 10.0 Å². The van der Waals surface area contributed by atoms with Crippen molar-refractivity contribution in [2.24, 2.45) is 11.3 Å². The van der Waals surface area contributed by atoms with Crippen LogP contribution < -0.4 is 4.90 Å². The van der Waals surface area contributed by atoms with Gasteiger partial charge in [-0.05, 0) is 55.2 Å². The molecule has 0 spiro atoms. The van der Waals surface area contributed by atoms with Crippen molar-refractivity contribution in [2.45, 2.75) is 53.1 Å². The van der Waals surface area contributed by atoms with Gasteiger partial charge in [-0.25, -0.2) is 0 Å². The van der Waals surface area contributed by atoms with E-state index in [2.05, 4.69) is 31.7 Å². The van der Waals surface area contributed by atoms with Crippen LogP contribution in [0.2, 0.25) is 5.02 Å². The Morgan fingerprint density at radius 2 is 1.95 bits per heavy atom. The van der Waals surface area contributed by atoms with Crippen LogP contribution in [-0.2, 0) is 0 Å². The maximum absolute atomic E-state index is 9.65. The summed E-state index contributed by atoms with van der Waals surface area (Å²) in [6, 6.07) is 5.94. The highest BCUT2D eigenvalue weighted by Crippen LogP contribution is 2.37. The summed E-state index contributed by atoms with van der Waals surface area (Å²) in [4.78, 5) is 2.40. The third-order valence-corrected chi connectivity index (χ3v) is 5.05. The number of hydrogen-bond donors (Lipinski definition) is 1. The van der Waals surface area contributed by atoms with E-state index in [1.807, 2.05) is 12.1 Å². The Hall–Kier alpha value is -0.730. The predicted molar refractivity (Wildman–Crippen MR) is 91.1 cm³/mol. The SMILES string of the molecule is C[C@@H](O)c1ccc(N2CCCC(C(C)(C)C)CC2)c(Cl)c1. The average Bonchev–Trinajstić information content (AvgIpc) is 2.63. The standard InChI is InChI=1S/C18H28ClNO/c1-13(21)14-7-8-17(16(19)12-14)20-10-5-6-15(9-11-20)18(2,3)4/h7-8,12-13,15,21H,5-6,9-11H2,1-4H3/t13-,15?/m1/s1. The van der Waals surface area contributed by atoms with Crippen molar-refractivity contribution in [3.05, 3.63) is 28.8 Å². The number of nitrogens with zero attached hydrogens (tertiary/aromatic N) is 1. The van der Waals surface area contributed by atoms with E-state index >= 15 is 0 Å². The quantitative estimate of drug-likeness (QED) is 0.826. The molecule has 0 saturated carbocycles. The first-order chi connectivity index (χ1) is 9.79. The third-order valence-electron chi connectivity index (χ3n) is 4.75. The molecule has 0 aliphatic carbocycles. The Kier molecular flexibility index (Phi) is 5.21. The lowest BCUT2D eigenvalue weighted by atomic mass is 9.77. The van der Waals surface area contributed by atoms with Crippen LogP contribution >= 0.6 is 11.6 Å². The van der Waals surface area contributed by atoms with Crippen LogP contribution in [-0.4, -0.2) is 18.2 Å². The molecule has 0 radical (unpaired) electrons. The lowest BCUT2D eigenvalue weighted by Crippen LogP contribution is -2.26. The van der Waals surface area contributed by atoms with E-state index in [-0.39, 0.29) is 0 Å². The molecule has 1 aromatic carbocycles. The average molecular weight is 310 g/mol. The van der Waals surface area contributed by atoms with Crippen LogP contribution in [0.25, 0.3) is 0 Å². The van der Waals surface area contributed by atoms with Crippen LogP contribution in [0.5, 0.6) is 0 Å². The van der Waals surface area contributed by atoms with Gasteiger partial charge in [0.05, 0.1) is 16.8 Å². The fraction of sp³-hybridized carbons (Fsp3) is 0.667. The number of anilines is 1. The van der Waals surface area contributed by atoms with Gasteiger partial charge in [0.2, 0.25) is 0 Å². The van der Waals surface area contributed by atoms with Gasteiger partial charge in [0.15, 0.2) is 0 Å². The van der Waals surface area contributed by atoms with Gasteiger partial charge in [-0.3, -0.25) is 0 Å². The van der Waals surface area contributed by atoms with Crippen molar-refractivity contribution < 1.29 is 5.11 Å². The number of rotatable bonds is 2. The van der Waals surface area contributed by atoms with E-state index in [9.17, 15) is 5.11 Å². The van der Waals surface area contributed by atoms with Crippen molar-refractivity contribution in [1.29, 1.82) is 0 Å². The molecule has 1 aliphatic heterocycles. The highest BCUT2D eigenvalue weighted by Gasteiger charge is 2.27. The minimum atomic E-state index is -0.467. The van der Waals surface area contributed by atoms with Crippen molar-refractivity contribution in [2.75, 3.05) is 18.0 Å². The molecule has 3 heteroatoms. The zero-order valence-corrected chi connectivity index (χ0v) is 14.5. The second-order valence-corrected chi connectivity index (χ2v) is 7.77. The molecular formula is C18H28ClNO. The second-order valence-electron chi connectivity index (χ2n) is 7.37. The van der Waals surface area contributed by atoms with Crippen molar-refractivity contribution in [3.8, 4) is 0 Å². The molecule has 1 aromatic rings. The van der Waals surface area contributed by atoms with E-state index < -0.39 is 6.10 Å². The second kappa shape index (κ2) is 6.58. The number of halogens is 1. The Balaban J connectivity index is 2.12. The van der Waals surface area contributed by atoms with E-state index in [4.69, 9.17) is 11.6 Å². The molecule has 2 nitrogen and oxygen atoms in total. The number of benzene rings is 1. The summed E-state index contributed by atoms with van der Waals surface area (Å²) in [6.45, 7) is 10.9. The summed E-state index contributed by atoms with van der Waals surface area (Å²) < 4.78 is 0. The summed E-state index contributed by atoms with van der Waals surface area (Å²) in [5, 5.41) is 10.4. The van der Waals surface area contributed by atoms with Crippen molar-refractivity contribution in [1.82, 2.24) is 0 Å². The van der Waals surface area contributed by atoms with E-state index in [0.717, 1.165) is 35.3 Å². The molecule has 1 heterocycles. The lowest BCUT2D eigenvalue weighted by molar-refractivity contribution is 0.199. The van der Waals surface area contributed by atoms with Gasteiger partial charge in [0, 0.05) is 13.1 Å². The Morgan fingerprint density at radius 1 is 1.24 bits per heavy atom. The van der Waals surface area contributed by atoms with E-state index in [1.54, 1.807) is 6.92 Å². The fourth-order valence-electron chi connectivity index (χ4n) is 3.24. The molecule has 0 aromatic heterocycles. The smallest absolute Gasteiger partial charge is 0.0762 e. The van der Waals surface area contributed by atoms with Gasteiger partial charge in [-0.15, -0.1) is 0 Å². The minimum Gasteiger partial charge on any atom is -0.389 e. The molecular weight excluding hydrogens is 282 g/mol. The molecule has 2 rings (SSSR count). The molecule has 1 unspecified atom stereocenters. The zero-order valence-electron chi connectivity index (χ0n) is 13.7. The number of hydrogen-bond acceptors (Lipinski definition) is 2. The highest BCUT2D eigenvalue weighted by molar-refractivity contribution is 6.33. The molecule has 2 atom stereocenters. The first-order valence-electron chi connectivity index (χ1n) is 8.01. The molecule has 1 N–H and O–H groups in total. The van der Waals surface area contributed by atoms with Crippen molar-refractivity contribution in [3.63, 3.8) is 0 Å². The zero-order chi connectivity index (χ0) is 15.6.